The summed E-state index contributed by atoms with van der Waals surface area (Å²) in [5.41, 5.74) is -0.0635. The summed E-state index contributed by atoms with van der Waals surface area (Å²) in [6.07, 6.45) is 2.56. The van der Waals surface area contributed by atoms with Gasteiger partial charge in [0.15, 0.2) is 10.9 Å². The summed E-state index contributed by atoms with van der Waals surface area (Å²) in [6.45, 7) is 5.64. The Kier molecular flexibility index (Phi) is 5.69. The van der Waals surface area contributed by atoms with Crippen molar-refractivity contribution in [1.29, 1.82) is 0 Å². The lowest BCUT2D eigenvalue weighted by Crippen LogP contribution is -2.51. The number of aromatic nitrogens is 1. The van der Waals surface area contributed by atoms with Crippen molar-refractivity contribution < 1.29 is 14.3 Å². The Hall–Kier alpha value is -1.02. The van der Waals surface area contributed by atoms with Crippen LogP contribution in [0.5, 0.6) is 0 Å². The van der Waals surface area contributed by atoms with Gasteiger partial charge in [-0.15, -0.1) is 12.4 Å². The van der Waals surface area contributed by atoms with Gasteiger partial charge in [-0.05, 0) is 37.8 Å². The zero-order chi connectivity index (χ0) is 16.7. The number of rotatable bonds is 3. The van der Waals surface area contributed by atoms with Crippen molar-refractivity contribution >= 4 is 40.6 Å². The number of halogens is 1. The third kappa shape index (κ3) is 3.64. The summed E-state index contributed by atoms with van der Waals surface area (Å²) >= 11 is 1.28. The minimum Gasteiger partial charge on any atom is -0.368 e. The lowest BCUT2D eigenvalue weighted by Gasteiger charge is -2.34. The molecule has 0 unspecified atom stereocenters. The van der Waals surface area contributed by atoms with E-state index in [2.05, 4.69) is 29.5 Å². The Balaban J connectivity index is 0.00000208. The molecule has 1 aromatic heterocycles. The Morgan fingerprint density at radius 1 is 1.29 bits per heavy atom. The first-order valence-corrected chi connectivity index (χ1v) is 8.77. The highest BCUT2D eigenvalue weighted by molar-refractivity contribution is 7.17. The van der Waals surface area contributed by atoms with Crippen LogP contribution < -0.4 is 10.6 Å². The minimum atomic E-state index is -0.805. The highest BCUT2D eigenvalue weighted by atomic mass is 35.5. The molecule has 1 aromatic rings. The quantitative estimate of drug-likeness (QED) is 0.850. The number of methoxy groups -OCH3 is 1. The topological polar surface area (TPSA) is 80.3 Å². The normalized spacial score (nSPS) is 21.5. The molecule has 0 spiro atoms. The van der Waals surface area contributed by atoms with Gasteiger partial charge in [0.1, 0.15) is 5.60 Å². The minimum absolute atomic E-state index is 0. The molecule has 2 heterocycles. The van der Waals surface area contributed by atoms with Gasteiger partial charge in [-0.2, -0.15) is 0 Å². The van der Waals surface area contributed by atoms with Gasteiger partial charge in [0.2, 0.25) is 0 Å². The number of nitrogens with one attached hydrogen (secondary N) is 2. The van der Waals surface area contributed by atoms with Gasteiger partial charge < -0.3 is 10.1 Å². The smallest absolute Gasteiger partial charge is 0.258 e. The van der Waals surface area contributed by atoms with Crippen LogP contribution in [-0.4, -0.2) is 42.5 Å². The standard InChI is InChI=1S/C16H23N3O3S.ClH/c1-15(2)8-10-12(11(20)9-15)23-14(18-10)19-13(21)16(22-3)4-6-17-7-5-16;/h17H,4-9H2,1-3H3,(H,18,19,21);1H. The third-order valence-corrected chi connectivity index (χ3v) is 5.73. The molecule has 6 nitrogen and oxygen atoms in total. The third-order valence-electron chi connectivity index (χ3n) is 4.67. The zero-order valence-corrected chi connectivity index (χ0v) is 15.9. The van der Waals surface area contributed by atoms with Crippen LogP contribution in [0.2, 0.25) is 0 Å². The molecule has 0 aromatic carbocycles. The molecule has 2 aliphatic rings. The fourth-order valence-corrected chi connectivity index (χ4v) is 4.25. The van der Waals surface area contributed by atoms with E-state index in [9.17, 15) is 9.59 Å². The summed E-state index contributed by atoms with van der Waals surface area (Å²) in [7, 11) is 1.57. The van der Waals surface area contributed by atoms with E-state index >= 15 is 0 Å². The number of fused-ring (bicyclic) bond motifs is 1. The predicted octanol–water partition coefficient (Wildman–Crippen LogP) is 2.43. The number of ketones is 1. The van der Waals surface area contributed by atoms with Gasteiger partial charge in [-0.1, -0.05) is 25.2 Å². The number of carbonyl (C=O) groups excluding carboxylic acids is 2. The van der Waals surface area contributed by atoms with Crippen molar-refractivity contribution in [3.63, 3.8) is 0 Å². The molecule has 134 valence electrons. The molecule has 0 saturated carbocycles. The van der Waals surface area contributed by atoms with E-state index in [-0.39, 0.29) is 29.5 Å². The number of nitrogens with zero attached hydrogens (tertiary/aromatic N) is 1. The number of hydrogen-bond donors (Lipinski definition) is 2. The van der Waals surface area contributed by atoms with Crippen molar-refractivity contribution in [1.82, 2.24) is 10.3 Å². The van der Waals surface area contributed by atoms with Crippen LogP contribution in [0.4, 0.5) is 5.13 Å². The van der Waals surface area contributed by atoms with Gasteiger partial charge >= 0.3 is 0 Å². The molecule has 1 fully saturated rings. The Morgan fingerprint density at radius 2 is 1.96 bits per heavy atom. The van der Waals surface area contributed by atoms with Crippen LogP contribution >= 0.6 is 23.7 Å². The molecule has 3 rings (SSSR count). The first-order chi connectivity index (χ1) is 10.9. The second-order valence-corrected chi connectivity index (χ2v) is 8.14. The number of thiazole rings is 1. The maximum atomic E-state index is 12.7. The average Bonchev–Trinajstić information content (AvgIpc) is 2.89. The largest absolute Gasteiger partial charge is 0.368 e. The second-order valence-electron chi connectivity index (χ2n) is 7.14. The highest BCUT2D eigenvalue weighted by Gasteiger charge is 2.41. The molecule has 2 N–H and O–H groups in total. The molecule has 1 aliphatic heterocycles. The molecule has 8 heteroatoms. The number of carbonyl (C=O) groups is 2. The van der Waals surface area contributed by atoms with E-state index in [1.807, 2.05) is 0 Å². The van der Waals surface area contributed by atoms with E-state index in [0.29, 0.717) is 29.3 Å². The molecular formula is C16H24ClN3O3S. The van der Waals surface area contributed by atoms with Crippen molar-refractivity contribution in [2.45, 2.75) is 45.1 Å². The Bertz CT molecular complexity index is 639. The molecule has 1 amide bonds. The Labute approximate surface area is 152 Å². The maximum Gasteiger partial charge on any atom is 0.258 e. The second kappa shape index (κ2) is 7.07. The van der Waals surface area contributed by atoms with Gasteiger partial charge in [0, 0.05) is 13.5 Å². The SMILES string of the molecule is COC1(C(=O)Nc2nc3c(s2)C(=O)CC(C)(C)C3)CCNCC1.Cl. The monoisotopic (exact) mass is 373 g/mol. The van der Waals surface area contributed by atoms with E-state index < -0.39 is 5.60 Å². The van der Waals surface area contributed by atoms with Crippen molar-refractivity contribution in [2.24, 2.45) is 5.41 Å². The lowest BCUT2D eigenvalue weighted by molar-refractivity contribution is -0.140. The summed E-state index contributed by atoms with van der Waals surface area (Å²) in [6, 6.07) is 0. The van der Waals surface area contributed by atoms with Crippen LogP contribution in [0.15, 0.2) is 0 Å². The number of amides is 1. The number of ether oxygens (including phenoxy) is 1. The first kappa shape index (κ1) is 19.3. The van der Waals surface area contributed by atoms with E-state index in [1.165, 1.54) is 11.3 Å². The van der Waals surface area contributed by atoms with Gasteiger partial charge in [0.05, 0.1) is 10.6 Å². The molecule has 0 atom stereocenters. The molecule has 1 aliphatic carbocycles. The van der Waals surface area contributed by atoms with Crippen LogP contribution in [0.1, 0.15) is 48.5 Å². The summed E-state index contributed by atoms with van der Waals surface area (Å²) < 4.78 is 5.53. The number of Topliss-reactive ketones (excluding diaryl/α,β-unsaturated/α-hetero) is 1. The van der Waals surface area contributed by atoms with Crippen LogP contribution in [0.3, 0.4) is 0 Å². The van der Waals surface area contributed by atoms with E-state index in [0.717, 1.165) is 25.2 Å². The summed E-state index contributed by atoms with van der Waals surface area (Å²) in [4.78, 5) is 30.1. The van der Waals surface area contributed by atoms with Crippen LogP contribution in [0.25, 0.3) is 0 Å². The highest BCUT2D eigenvalue weighted by Crippen LogP contribution is 2.38. The maximum absolute atomic E-state index is 12.7. The predicted molar refractivity (Wildman–Crippen MR) is 96.3 cm³/mol. The molecular weight excluding hydrogens is 350 g/mol. The summed E-state index contributed by atoms with van der Waals surface area (Å²) in [5.74, 6) is -0.0446. The van der Waals surface area contributed by atoms with Gasteiger partial charge in [0.25, 0.3) is 5.91 Å². The van der Waals surface area contributed by atoms with E-state index in [4.69, 9.17) is 4.74 Å². The van der Waals surface area contributed by atoms with Crippen molar-refractivity contribution in [2.75, 3.05) is 25.5 Å². The average molecular weight is 374 g/mol. The Morgan fingerprint density at radius 3 is 2.58 bits per heavy atom. The van der Waals surface area contributed by atoms with Crippen LogP contribution in [0, 0.1) is 5.41 Å². The molecule has 24 heavy (non-hydrogen) atoms. The van der Waals surface area contributed by atoms with Crippen molar-refractivity contribution in [3.8, 4) is 0 Å². The number of piperidine rings is 1. The fourth-order valence-electron chi connectivity index (χ4n) is 3.34. The molecule has 1 saturated heterocycles. The summed E-state index contributed by atoms with van der Waals surface area (Å²) in [5, 5.41) is 6.60. The van der Waals surface area contributed by atoms with Gasteiger partial charge in [-0.25, -0.2) is 4.98 Å². The lowest BCUT2D eigenvalue weighted by atomic mass is 9.78. The fraction of sp³-hybridized carbons (Fsp3) is 0.688. The first-order valence-electron chi connectivity index (χ1n) is 7.95. The van der Waals surface area contributed by atoms with Gasteiger partial charge in [-0.3, -0.25) is 14.9 Å². The molecule has 0 radical (unpaired) electrons. The number of anilines is 1. The zero-order valence-electron chi connectivity index (χ0n) is 14.2. The van der Waals surface area contributed by atoms with Crippen molar-refractivity contribution in [3.05, 3.63) is 10.6 Å². The number of hydrogen-bond acceptors (Lipinski definition) is 6. The van der Waals surface area contributed by atoms with E-state index in [1.54, 1.807) is 7.11 Å². The van der Waals surface area contributed by atoms with Crippen LogP contribution in [-0.2, 0) is 16.0 Å². The molecule has 0 bridgehead atoms.